The van der Waals surface area contributed by atoms with Crippen molar-refractivity contribution in [2.75, 3.05) is 36.8 Å². The fourth-order valence-electron chi connectivity index (χ4n) is 3.57. The summed E-state index contributed by atoms with van der Waals surface area (Å²) in [4.78, 5) is 26.1. The van der Waals surface area contributed by atoms with Crippen LogP contribution in [0.25, 0.3) is 0 Å². The SMILES string of the molecule is Cc1c(Cl)cccc1NC(=O)N1CCN(S(=O)(=O)c2ccc3c(c2)NC(=O)[C@@H](C)O3)CC1. The Kier molecular flexibility index (Phi) is 6.02. The lowest BCUT2D eigenvalue weighted by Crippen LogP contribution is -2.51. The minimum Gasteiger partial charge on any atom is -0.479 e. The first-order chi connectivity index (χ1) is 15.2. The Morgan fingerprint density at radius 3 is 2.62 bits per heavy atom. The van der Waals surface area contributed by atoms with Gasteiger partial charge in [-0.3, -0.25) is 4.79 Å². The maximum Gasteiger partial charge on any atom is 0.321 e. The first-order valence-corrected chi connectivity index (χ1v) is 11.9. The highest BCUT2D eigenvalue weighted by molar-refractivity contribution is 7.89. The Bertz CT molecular complexity index is 1180. The molecular formula is C21H23ClN4O5S. The molecule has 170 valence electrons. The number of hydrogen-bond acceptors (Lipinski definition) is 5. The second kappa shape index (κ2) is 8.61. The smallest absolute Gasteiger partial charge is 0.321 e. The third kappa shape index (κ3) is 4.25. The molecule has 0 aliphatic carbocycles. The zero-order chi connectivity index (χ0) is 23.0. The summed E-state index contributed by atoms with van der Waals surface area (Å²) < 4.78 is 33.0. The van der Waals surface area contributed by atoms with Crippen LogP contribution in [0.15, 0.2) is 41.3 Å². The van der Waals surface area contributed by atoms with E-state index < -0.39 is 16.1 Å². The van der Waals surface area contributed by atoms with E-state index in [-0.39, 0.29) is 43.0 Å². The number of carbonyl (C=O) groups excluding carboxylic acids is 2. The third-order valence-corrected chi connectivity index (χ3v) is 7.86. The van der Waals surface area contributed by atoms with Gasteiger partial charge in [-0.25, -0.2) is 13.2 Å². The number of rotatable bonds is 3. The van der Waals surface area contributed by atoms with E-state index >= 15 is 0 Å². The van der Waals surface area contributed by atoms with Gasteiger partial charge in [-0.05, 0) is 49.7 Å². The molecule has 0 radical (unpaired) electrons. The average molecular weight is 479 g/mol. The van der Waals surface area contributed by atoms with Gasteiger partial charge in [0, 0.05) is 36.9 Å². The predicted octanol–water partition coefficient (Wildman–Crippen LogP) is 2.91. The van der Waals surface area contributed by atoms with Crippen LogP contribution >= 0.6 is 11.6 Å². The van der Waals surface area contributed by atoms with E-state index in [0.717, 1.165) is 5.56 Å². The van der Waals surface area contributed by atoms with Crippen molar-refractivity contribution in [2.24, 2.45) is 0 Å². The zero-order valence-corrected chi connectivity index (χ0v) is 19.2. The van der Waals surface area contributed by atoms with Gasteiger partial charge < -0.3 is 20.3 Å². The molecule has 1 saturated heterocycles. The molecule has 0 unspecified atom stereocenters. The molecule has 0 aromatic heterocycles. The Balaban J connectivity index is 1.42. The lowest BCUT2D eigenvalue weighted by Gasteiger charge is -2.34. The highest BCUT2D eigenvalue weighted by Crippen LogP contribution is 2.33. The number of halogens is 1. The van der Waals surface area contributed by atoms with Gasteiger partial charge in [0.15, 0.2) is 6.10 Å². The summed E-state index contributed by atoms with van der Waals surface area (Å²) in [6.07, 6.45) is -0.639. The molecule has 4 rings (SSSR count). The molecule has 0 saturated carbocycles. The van der Waals surface area contributed by atoms with Gasteiger partial charge in [0.1, 0.15) is 5.75 Å². The summed E-state index contributed by atoms with van der Waals surface area (Å²) in [5.74, 6) is 0.0930. The van der Waals surface area contributed by atoms with Crippen molar-refractivity contribution < 1.29 is 22.7 Å². The van der Waals surface area contributed by atoms with Gasteiger partial charge in [-0.1, -0.05) is 17.7 Å². The number of anilines is 2. The molecule has 2 aliphatic rings. The Morgan fingerprint density at radius 1 is 1.19 bits per heavy atom. The lowest BCUT2D eigenvalue weighted by atomic mass is 10.2. The number of nitrogens with one attached hydrogen (secondary N) is 2. The van der Waals surface area contributed by atoms with Crippen molar-refractivity contribution in [1.82, 2.24) is 9.21 Å². The molecule has 3 amide bonds. The predicted molar refractivity (Wildman–Crippen MR) is 121 cm³/mol. The van der Waals surface area contributed by atoms with Gasteiger partial charge in [0.25, 0.3) is 5.91 Å². The zero-order valence-electron chi connectivity index (χ0n) is 17.6. The Morgan fingerprint density at radius 2 is 1.91 bits per heavy atom. The second-order valence-electron chi connectivity index (χ2n) is 7.64. The first kappa shape index (κ1) is 22.4. The van der Waals surface area contributed by atoms with Crippen molar-refractivity contribution >= 4 is 44.9 Å². The summed E-state index contributed by atoms with van der Waals surface area (Å²) in [5.41, 5.74) is 1.70. The van der Waals surface area contributed by atoms with E-state index in [0.29, 0.717) is 22.1 Å². The molecule has 1 fully saturated rings. The molecule has 2 aliphatic heterocycles. The molecule has 2 heterocycles. The highest BCUT2D eigenvalue weighted by atomic mass is 35.5. The van der Waals surface area contributed by atoms with Crippen molar-refractivity contribution in [1.29, 1.82) is 0 Å². The minimum absolute atomic E-state index is 0.0576. The lowest BCUT2D eigenvalue weighted by molar-refractivity contribution is -0.122. The minimum atomic E-state index is -3.80. The Labute approximate surface area is 191 Å². The fourth-order valence-corrected chi connectivity index (χ4v) is 5.19. The van der Waals surface area contributed by atoms with Crippen LogP contribution in [0.3, 0.4) is 0 Å². The van der Waals surface area contributed by atoms with E-state index in [4.69, 9.17) is 16.3 Å². The van der Waals surface area contributed by atoms with Crippen LogP contribution in [0.1, 0.15) is 12.5 Å². The van der Waals surface area contributed by atoms with Crippen molar-refractivity contribution in [3.8, 4) is 5.75 Å². The van der Waals surface area contributed by atoms with Gasteiger partial charge >= 0.3 is 6.03 Å². The van der Waals surface area contributed by atoms with Crippen LogP contribution in [-0.4, -0.2) is 61.8 Å². The summed E-state index contributed by atoms with van der Waals surface area (Å²) >= 11 is 6.10. The molecular weight excluding hydrogens is 456 g/mol. The van der Waals surface area contributed by atoms with Crippen molar-refractivity contribution in [3.63, 3.8) is 0 Å². The number of nitrogens with zero attached hydrogens (tertiary/aromatic N) is 2. The number of carbonyl (C=O) groups is 2. The molecule has 2 aromatic carbocycles. The van der Waals surface area contributed by atoms with E-state index in [2.05, 4.69) is 10.6 Å². The highest BCUT2D eigenvalue weighted by Gasteiger charge is 2.32. The van der Waals surface area contributed by atoms with Crippen LogP contribution in [0.5, 0.6) is 5.75 Å². The topological polar surface area (TPSA) is 108 Å². The van der Waals surface area contributed by atoms with Crippen LogP contribution in [0, 0.1) is 6.92 Å². The van der Waals surface area contributed by atoms with Crippen LogP contribution in [0.4, 0.5) is 16.2 Å². The van der Waals surface area contributed by atoms with E-state index in [1.165, 1.54) is 22.5 Å². The van der Waals surface area contributed by atoms with Crippen LogP contribution in [-0.2, 0) is 14.8 Å². The number of piperazine rings is 1. The third-order valence-electron chi connectivity index (χ3n) is 5.55. The molecule has 11 heteroatoms. The Hall–Kier alpha value is -2.82. The normalized spacial score (nSPS) is 19.0. The maximum absolute atomic E-state index is 13.1. The summed E-state index contributed by atoms with van der Waals surface area (Å²) in [7, 11) is -3.80. The summed E-state index contributed by atoms with van der Waals surface area (Å²) in [5, 5.41) is 6.04. The molecule has 9 nitrogen and oxygen atoms in total. The fraction of sp³-hybridized carbons (Fsp3) is 0.333. The second-order valence-corrected chi connectivity index (χ2v) is 9.99. The molecule has 0 bridgehead atoms. The molecule has 1 atom stereocenters. The molecule has 32 heavy (non-hydrogen) atoms. The number of ether oxygens (including phenoxy) is 1. The van der Waals surface area contributed by atoms with Crippen LogP contribution in [0.2, 0.25) is 5.02 Å². The van der Waals surface area contributed by atoms with Gasteiger partial charge in [0.2, 0.25) is 10.0 Å². The number of urea groups is 1. The average Bonchev–Trinajstić information content (AvgIpc) is 2.77. The van der Waals surface area contributed by atoms with Crippen molar-refractivity contribution in [2.45, 2.75) is 24.8 Å². The quantitative estimate of drug-likeness (QED) is 0.705. The summed E-state index contributed by atoms with van der Waals surface area (Å²) in [6.45, 7) is 4.23. The van der Waals surface area contributed by atoms with Gasteiger partial charge in [0.05, 0.1) is 10.6 Å². The maximum atomic E-state index is 13.1. The summed E-state index contributed by atoms with van der Waals surface area (Å²) in [6, 6.07) is 9.34. The van der Waals surface area contributed by atoms with E-state index in [1.807, 2.05) is 6.92 Å². The van der Waals surface area contributed by atoms with Crippen LogP contribution < -0.4 is 15.4 Å². The molecule has 0 spiro atoms. The van der Waals surface area contributed by atoms with E-state index in [1.54, 1.807) is 30.0 Å². The molecule has 2 N–H and O–H groups in total. The number of sulfonamides is 1. The largest absolute Gasteiger partial charge is 0.479 e. The monoisotopic (exact) mass is 478 g/mol. The van der Waals surface area contributed by atoms with Crippen molar-refractivity contribution in [3.05, 3.63) is 47.0 Å². The standard InChI is InChI=1S/C21H23ClN4O5S/c1-13-16(22)4-3-5-17(13)24-21(28)25-8-10-26(11-9-25)32(29,30)15-6-7-19-18(12-15)23-20(27)14(2)31-19/h3-7,12,14H,8-11H2,1-2H3,(H,23,27)(H,24,28)/t14-/m1/s1. The van der Waals surface area contributed by atoms with Gasteiger partial charge in [-0.2, -0.15) is 4.31 Å². The number of fused-ring (bicyclic) bond motifs is 1. The van der Waals surface area contributed by atoms with Gasteiger partial charge in [-0.15, -0.1) is 0 Å². The first-order valence-electron chi connectivity index (χ1n) is 10.1. The number of amides is 3. The number of hydrogen-bond donors (Lipinski definition) is 2. The number of benzene rings is 2. The molecule has 2 aromatic rings. The van der Waals surface area contributed by atoms with E-state index in [9.17, 15) is 18.0 Å².